The minimum atomic E-state index is 0.516. The highest BCUT2D eigenvalue weighted by Gasteiger charge is 2.23. The van der Waals surface area contributed by atoms with E-state index in [0.717, 1.165) is 24.8 Å². The van der Waals surface area contributed by atoms with Crippen LogP contribution in [0.1, 0.15) is 45.1 Å². The summed E-state index contributed by atoms with van der Waals surface area (Å²) in [5.41, 5.74) is 1.36. The van der Waals surface area contributed by atoms with Gasteiger partial charge in [0, 0.05) is 24.1 Å². The molecule has 1 aliphatic heterocycles. The highest BCUT2D eigenvalue weighted by atomic mass is 16.5. The molecule has 2 heteroatoms. The van der Waals surface area contributed by atoms with Crippen molar-refractivity contribution >= 4 is 0 Å². The molecule has 1 aliphatic rings. The van der Waals surface area contributed by atoms with Crippen molar-refractivity contribution in [3.63, 3.8) is 0 Å². The summed E-state index contributed by atoms with van der Waals surface area (Å²) >= 11 is 0. The fraction of sp³-hybridized carbons (Fsp3) is 0.625. The maximum Gasteiger partial charge on any atom is 0.122 e. The monoisotopic (exact) mass is 247 g/mol. The number of fused-ring (bicyclic) bond motifs is 1. The van der Waals surface area contributed by atoms with Crippen LogP contribution in [-0.2, 0) is 0 Å². The topological polar surface area (TPSA) is 21.3 Å². The Labute approximate surface area is 111 Å². The zero-order chi connectivity index (χ0) is 13.0. The third kappa shape index (κ3) is 3.49. The molecule has 0 aliphatic carbocycles. The first-order chi connectivity index (χ1) is 8.66. The van der Waals surface area contributed by atoms with Crippen molar-refractivity contribution in [3.8, 4) is 5.75 Å². The van der Waals surface area contributed by atoms with E-state index in [1.54, 1.807) is 0 Å². The van der Waals surface area contributed by atoms with Gasteiger partial charge in [0.25, 0.3) is 0 Å². The van der Waals surface area contributed by atoms with E-state index in [-0.39, 0.29) is 0 Å². The van der Waals surface area contributed by atoms with E-state index in [4.69, 9.17) is 4.74 Å². The van der Waals surface area contributed by atoms with Gasteiger partial charge in [-0.25, -0.2) is 0 Å². The summed E-state index contributed by atoms with van der Waals surface area (Å²) in [6.45, 7) is 8.70. The first-order valence-corrected chi connectivity index (χ1v) is 7.12. The van der Waals surface area contributed by atoms with Crippen LogP contribution >= 0.6 is 0 Å². The lowest BCUT2D eigenvalue weighted by Crippen LogP contribution is -2.31. The molecule has 2 atom stereocenters. The van der Waals surface area contributed by atoms with Gasteiger partial charge in [-0.3, -0.25) is 0 Å². The molecule has 1 aromatic carbocycles. The molecule has 0 saturated carbocycles. The fourth-order valence-corrected chi connectivity index (χ4v) is 2.43. The van der Waals surface area contributed by atoms with Crippen LogP contribution in [0, 0.1) is 5.92 Å². The molecule has 0 radical (unpaired) electrons. The minimum Gasteiger partial charge on any atom is -0.493 e. The van der Waals surface area contributed by atoms with Gasteiger partial charge in [-0.2, -0.15) is 0 Å². The highest BCUT2D eigenvalue weighted by Crippen LogP contribution is 2.32. The Morgan fingerprint density at radius 2 is 2.00 bits per heavy atom. The first-order valence-electron chi connectivity index (χ1n) is 7.12. The standard InChI is InChI=1S/C16H25NO/c1-12(2)8-9-13(3)17-10-14-11-18-16-7-5-4-6-15(14)16/h4-7,12-14,17H,8-11H2,1-3H3. The van der Waals surface area contributed by atoms with Crippen LogP contribution in [0.3, 0.4) is 0 Å². The van der Waals surface area contributed by atoms with Crippen LogP contribution in [0.15, 0.2) is 24.3 Å². The number of benzene rings is 1. The Balaban J connectivity index is 1.78. The van der Waals surface area contributed by atoms with Crippen LogP contribution < -0.4 is 10.1 Å². The number of rotatable bonds is 6. The SMILES string of the molecule is CC(C)CCC(C)NCC1COc2ccccc21. The van der Waals surface area contributed by atoms with Gasteiger partial charge in [-0.05, 0) is 31.7 Å². The predicted octanol–water partition coefficient (Wildman–Crippen LogP) is 3.58. The lowest BCUT2D eigenvalue weighted by Gasteiger charge is -2.17. The van der Waals surface area contributed by atoms with Gasteiger partial charge in [0.1, 0.15) is 5.75 Å². The van der Waals surface area contributed by atoms with Crippen molar-refractivity contribution in [2.75, 3.05) is 13.2 Å². The number of nitrogens with one attached hydrogen (secondary N) is 1. The summed E-state index contributed by atoms with van der Waals surface area (Å²) in [4.78, 5) is 0. The van der Waals surface area contributed by atoms with Gasteiger partial charge in [0.15, 0.2) is 0 Å². The lowest BCUT2D eigenvalue weighted by molar-refractivity contribution is 0.320. The third-order valence-corrected chi connectivity index (χ3v) is 3.69. The zero-order valence-corrected chi connectivity index (χ0v) is 11.8. The first kappa shape index (κ1) is 13.4. The molecule has 100 valence electrons. The Morgan fingerprint density at radius 3 is 2.78 bits per heavy atom. The second-order valence-corrected chi connectivity index (χ2v) is 5.83. The molecule has 2 nitrogen and oxygen atoms in total. The lowest BCUT2D eigenvalue weighted by atomic mass is 10.00. The Morgan fingerprint density at radius 1 is 1.22 bits per heavy atom. The van der Waals surface area contributed by atoms with Gasteiger partial charge >= 0.3 is 0 Å². The molecule has 0 amide bonds. The van der Waals surface area contributed by atoms with Crippen LogP contribution in [-0.4, -0.2) is 19.2 Å². The Bertz CT molecular complexity index is 375. The van der Waals surface area contributed by atoms with Crippen molar-refractivity contribution in [2.45, 2.75) is 45.6 Å². The van der Waals surface area contributed by atoms with Crippen molar-refractivity contribution in [1.82, 2.24) is 5.32 Å². The summed E-state index contributed by atoms with van der Waals surface area (Å²) < 4.78 is 5.70. The average molecular weight is 247 g/mol. The second-order valence-electron chi connectivity index (χ2n) is 5.83. The smallest absolute Gasteiger partial charge is 0.122 e. The average Bonchev–Trinajstić information content (AvgIpc) is 2.77. The van der Waals surface area contributed by atoms with Crippen LogP contribution in [0.25, 0.3) is 0 Å². The van der Waals surface area contributed by atoms with Crippen molar-refractivity contribution in [1.29, 1.82) is 0 Å². The highest BCUT2D eigenvalue weighted by molar-refractivity contribution is 5.39. The van der Waals surface area contributed by atoms with Gasteiger partial charge in [-0.15, -0.1) is 0 Å². The molecular formula is C16H25NO. The largest absolute Gasteiger partial charge is 0.493 e. The summed E-state index contributed by atoms with van der Waals surface area (Å²) in [5, 5.41) is 3.64. The van der Waals surface area contributed by atoms with E-state index in [0.29, 0.717) is 12.0 Å². The van der Waals surface area contributed by atoms with E-state index in [9.17, 15) is 0 Å². The van der Waals surface area contributed by atoms with Crippen molar-refractivity contribution < 1.29 is 4.74 Å². The summed E-state index contributed by atoms with van der Waals surface area (Å²) in [6, 6.07) is 8.99. The van der Waals surface area contributed by atoms with Crippen LogP contribution in [0.4, 0.5) is 0 Å². The summed E-state index contributed by atoms with van der Waals surface area (Å²) in [7, 11) is 0. The maximum atomic E-state index is 5.70. The molecule has 0 saturated heterocycles. The van der Waals surface area contributed by atoms with E-state index in [1.807, 2.05) is 6.07 Å². The maximum absolute atomic E-state index is 5.70. The summed E-state index contributed by atoms with van der Waals surface area (Å²) in [6.07, 6.45) is 2.55. The second kappa shape index (κ2) is 6.24. The van der Waals surface area contributed by atoms with E-state index >= 15 is 0 Å². The molecule has 18 heavy (non-hydrogen) atoms. The van der Waals surface area contributed by atoms with Gasteiger partial charge in [-0.1, -0.05) is 32.0 Å². The third-order valence-electron chi connectivity index (χ3n) is 3.69. The molecule has 1 aromatic rings. The van der Waals surface area contributed by atoms with E-state index in [1.165, 1.54) is 18.4 Å². The van der Waals surface area contributed by atoms with Gasteiger partial charge in [0.05, 0.1) is 6.61 Å². The molecule has 0 spiro atoms. The van der Waals surface area contributed by atoms with Crippen molar-refractivity contribution in [2.24, 2.45) is 5.92 Å². The molecule has 0 bridgehead atoms. The molecule has 1 heterocycles. The molecule has 2 rings (SSSR count). The number of para-hydroxylation sites is 1. The zero-order valence-electron chi connectivity index (χ0n) is 11.8. The van der Waals surface area contributed by atoms with Crippen molar-refractivity contribution in [3.05, 3.63) is 29.8 Å². The number of hydrogen-bond acceptors (Lipinski definition) is 2. The molecule has 0 aromatic heterocycles. The van der Waals surface area contributed by atoms with E-state index in [2.05, 4.69) is 44.3 Å². The summed E-state index contributed by atoms with van der Waals surface area (Å²) in [5.74, 6) is 2.38. The quantitative estimate of drug-likeness (QED) is 0.829. The predicted molar refractivity (Wildman–Crippen MR) is 76.2 cm³/mol. The molecular weight excluding hydrogens is 222 g/mol. The van der Waals surface area contributed by atoms with Gasteiger partial charge < -0.3 is 10.1 Å². The van der Waals surface area contributed by atoms with Crippen LogP contribution in [0.5, 0.6) is 5.75 Å². The van der Waals surface area contributed by atoms with Crippen LogP contribution in [0.2, 0.25) is 0 Å². The Hall–Kier alpha value is -1.02. The normalized spacial score (nSPS) is 19.7. The van der Waals surface area contributed by atoms with E-state index < -0.39 is 0 Å². The Kier molecular flexibility index (Phi) is 4.65. The number of hydrogen-bond donors (Lipinski definition) is 1. The fourth-order valence-electron chi connectivity index (χ4n) is 2.43. The molecule has 2 unspecified atom stereocenters. The minimum absolute atomic E-state index is 0.516. The molecule has 0 fully saturated rings. The number of ether oxygens (including phenoxy) is 1. The van der Waals surface area contributed by atoms with Gasteiger partial charge in [0.2, 0.25) is 0 Å². The molecule has 1 N–H and O–H groups in total.